The molecule has 2 aliphatic rings. The number of hydrogen-bond acceptors (Lipinski definition) is 6. The molecule has 1 aliphatic carbocycles. The first-order valence-electron chi connectivity index (χ1n) is 9.32. The van der Waals surface area contributed by atoms with Crippen LogP contribution in [0.15, 0.2) is 18.2 Å². The summed E-state index contributed by atoms with van der Waals surface area (Å²) in [6.45, 7) is 0.798. The summed E-state index contributed by atoms with van der Waals surface area (Å²) >= 11 is 7.07. The van der Waals surface area contributed by atoms with Gasteiger partial charge < -0.3 is 24.8 Å². The van der Waals surface area contributed by atoms with Crippen LogP contribution < -0.4 is 20.1 Å². The number of aryl methyl sites for hydroxylation is 1. The summed E-state index contributed by atoms with van der Waals surface area (Å²) in [7, 11) is 1.42. The van der Waals surface area contributed by atoms with Crippen LogP contribution in [-0.4, -0.2) is 25.0 Å². The Morgan fingerprint density at radius 3 is 2.89 bits per heavy atom. The number of carbonyl (C=O) groups excluding carboxylic acids is 1. The van der Waals surface area contributed by atoms with Crippen LogP contribution in [0.4, 0.5) is 5.00 Å². The highest BCUT2D eigenvalue weighted by Gasteiger charge is 2.25. The van der Waals surface area contributed by atoms with E-state index in [2.05, 4.69) is 10.6 Å². The first kappa shape index (κ1) is 19.0. The number of ether oxygens (including phenoxy) is 3. The molecule has 6 nitrogen and oxygen atoms in total. The number of fused-ring (bicyclic) bond motifs is 2. The van der Waals surface area contributed by atoms with Gasteiger partial charge in [-0.3, -0.25) is 0 Å². The van der Waals surface area contributed by atoms with Gasteiger partial charge in [-0.2, -0.15) is 0 Å². The minimum absolute atomic E-state index is 0.255. The average Bonchev–Trinajstić information content (AvgIpc) is 3.23. The van der Waals surface area contributed by atoms with Gasteiger partial charge in [0.2, 0.25) is 6.79 Å². The second-order valence-corrected chi connectivity index (χ2v) is 8.27. The summed E-state index contributed by atoms with van der Waals surface area (Å²) < 4.78 is 15.8. The number of esters is 1. The van der Waals surface area contributed by atoms with Gasteiger partial charge in [0, 0.05) is 11.4 Å². The van der Waals surface area contributed by atoms with Gasteiger partial charge in [0.05, 0.1) is 12.7 Å². The maximum atomic E-state index is 12.4. The van der Waals surface area contributed by atoms with E-state index in [1.807, 2.05) is 18.2 Å². The molecule has 1 aliphatic heterocycles. The van der Waals surface area contributed by atoms with Crippen LogP contribution >= 0.6 is 23.6 Å². The van der Waals surface area contributed by atoms with Gasteiger partial charge in [-0.1, -0.05) is 12.5 Å². The van der Waals surface area contributed by atoms with Gasteiger partial charge in [-0.25, -0.2) is 4.79 Å². The summed E-state index contributed by atoms with van der Waals surface area (Å²) in [5.74, 6) is 1.20. The summed E-state index contributed by atoms with van der Waals surface area (Å²) in [6.07, 6.45) is 5.36. The number of carbonyl (C=O) groups is 1. The fourth-order valence-electron chi connectivity index (χ4n) is 3.53. The van der Waals surface area contributed by atoms with Crippen molar-refractivity contribution in [3.8, 4) is 11.5 Å². The zero-order chi connectivity index (χ0) is 19.5. The largest absolute Gasteiger partial charge is 0.465 e. The summed E-state index contributed by atoms with van der Waals surface area (Å²) in [6, 6.07) is 5.79. The van der Waals surface area contributed by atoms with E-state index < -0.39 is 0 Å². The van der Waals surface area contributed by atoms with Crippen molar-refractivity contribution in [1.82, 2.24) is 5.32 Å². The van der Waals surface area contributed by atoms with Crippen molar-refractivity contribution in [1.29, 1.82) is 0 Å². The molecule has 0 radical (unpaired) electrons. The number of hydrogen-bond donors (Lipinski definition) is 2. The normalized spacial score (nSPS) is 14.8. The van der Waals surface area contributed by atoms with Crippen molar-refractivity contribution in [2.45, 2.75) is 38.6 Å². The molecule has 0 unspecified atom stereocenters. The van der Waals surface area contributed by atoms with Crippen LogP contribution in [0.5, 0.6) is 11.5 Å². The molecule has 1 aromatic heterocycles. The first-order valence-corrected chi connectivity index (χ1v) is 10.5. The molecule has 0 amide bonds. The van der Waals surface area contributed by atoms with Gasteiger partial charge >= 0.3 is 5.97 Å². The Morgan fingerprint density at radius 1 is 1.21 bits per heavy atom. The molecule has 4 rings (SSSR count). The van der Waals surface area contributed by atoms with E-state index >= 15 is 0 Å². The molecule has 2 aromatic rings. The third kappa shape index (κ3) is 3.93. The van der Waals surface area contributed by atoms with Crippen molar-refractivity contribution >= 4 is 39.6 Å². The Labute approximate surface area is 173 Å². The van der Waals surface area contributed by atoms with Crippen molar-refractivity contribution in [3.63, 3.8) is 0 Å². The van der Waals surface area contributed by atoms with Crippen molar-refractivity contribution in [2.75, 3.05) is 19.2 Å². The fraction of sp³-hybridized carbons (Fsp3) is 0.400. The zero-order valence-electron chi connectivity index (χ0n) is 15.6. The minimum atomic E-state index is -0.305. The maximum Gasteiger partial charge on any atom is 0.341 e. The Balaban J connectivity index is 1.46. The highest BCUT2D eigenvalue weighted by Crippen LogP contribution is 2.38. The summed E-state index contributed by atoms with van der Waals surface area (Å²) in [5.41, 5.74) is 2.79. The minimum Gasteiger partial charge on any atom is -0.465 e. The lowest BCUT2D eigenvalue weighted by Crippen LogP contribution is -2.28. The van der Waals surface area contributed by atoms with E-state index in [0.717, 1.165) is 53.3 Å². The molecule has 2 heterocycles. The Kier molecular flexibility index (Phi) is 5.68. The molecule has 0 saturated carbocycles. The van der Waals surface area contributed by atoms with Gasteiger partial charge in [0.1, 0.15) is 5.00 Å². The van der Waals surface area contributed by atoms with Gasteiger partial charge in [0.25, 0.3) is 0 Å². The van der Waals surface area contributed by atoms with Crippen molar-refractivity contribution < 1.29 is 19.0 Å². The molecule has 0 spiro atoms. The molecule has 1 aromatic carbocycles. The second-order valence-electron chi connectivity index (χ2n) is 6.76. The number of methoxy groups -OCH3 is 1. The molecule has 0 fully saturated rings. The SMILES string of the molecule is COC(=O)c1c(NC(=S)NCc2ccc3c(c2)OCO3)sc2c1CCCCC2. The van der Waals surface area contributed by atoms with E-state index in [1.54, 1.807) is 11.3 Å². The Morgan fingerprint density at radius 2 is 2.04 bits per heavy atom. The highest BCUT2D eigenvalue weighted by molar-refractivity contribution is 7.80. The summed E-state index contributed by atoms with van der Waals surface area (Å²) in [4.78, 5) is 13.7. The molecule has 2 N–H and O–H groups in total. The number of nitrogens with one attached hydrogen (secondary N) is 2. The predicted molar refractivity (Wildman–Crippen MR) is 113 cm³/mol. The second kappa shape index (κ2) is 8.36. The van der Waals surface area contributed by atoms with E-state index in [9.17, 15) is 4.79 Å². The summed E-state index contributed by atoms with van der Waals surface area (Å²) in [5, 5.41) is 7.64. The van der Waals surface area contributed by atoms with E-state index in [-0.39, 0.29) is 12.8 Å². The molecule has 0 bridgehead atoms. The molecule has 0 saturated heterocycles. The smallest absolute Gasteiger partial charge is 0.341 e. The molecular weight excluding hydrogens is 396 g/mol. The Bertz CT molecular complexity index is 910. The highest BCUT2D eigenvalue weighted by atomic mass is 32.1. The van der Waals surface area contributed by atoms with Crippen molar-refractivity contribution in [3.05, 3.63) is 39.8 Å². The van der Waals surface area contributed by atoms with Crippen LogP contribution in [0.1, 0.15) is 45.6 Å². The zero-order valence-corrected chi connectivity index (χ0v) is 17.3. The van der Waals surface area contributed by atoms with Gasteiger partial charge in [-0.05, 0) is 61.2 Å². The Hall–Kier alpha value is -2.32. The monoisotopic (exact) mass is 418 g/mol. The topological polar surface area (TPSA) is 68.8 Å². The first-order chi connectivity index (χ1) is 13.7. The van der Waals surface area contributed by atoms with E-state index in [4.69, 9.17) is 26.4 Å². The molecule has 8 heteroatoms. The molecular formula is C20H22N2O4S2. The quantitative estimate of drug-likeness (QED) is 0.442. The number of thiocarbonyl (C=S) groups is 1. The standard InChI is InChI=1S/C20H22N2O4S2/c1-24-19(23)17-13-5-3-2-4-6-16(13)28-18(17)22-20(27)21-10-12-7-8-14-15(9-12)26-11-25-14/h7-9H,2-6,10-11H2,1H3,(H2,21,22,27). The predicted octanol–water partition coefficient (Wildman–Crippen LogP) is 4.02. The third-order valence-corrected chi connectivity index (χ3v) is 6.38. The number of thiophene rings is 1. The van der Waals surface area contributed by atoms with Crippen LogP contribution in [0.25, 0.3) is 0 Å². The maximum absolute atomic E-state index is 12.4. The van der Waals surface area contributed by atoms with Crippen LogP contribution in [0.2, 0.25) is 0 Å². The van der Waals surface area contributed by atoms with Crippen LogP contribution in [-0.2, 0) is 24.1 Å². The van der Waals surface area contributed by atoms with Crippen LogP contribution in [0.3, 0.4) is 0 Å². The molecule has 0 atom stereocenters. The lowest BCUT2D eigenvalue weighted by atomic mass is 10.1. The van der Waals surface area contributed by atoms with Gasteiger partial charge in [-0.15, -0.1) is 11.3 Å². The lowest BCUT2D eigenvalue weighted by Gasteiger charge is -2.11. The third-order valence-electron chi connectivity index (χ3n) is 4.93. The number of benzene rings is 1. The molecule has 28 heavy (non-hydrogen) atoms. The van der Waals surface area contributed by atoms with Gasteiger partial charge in [0.15, 0.2) is 16.6 Å². The number of anilines is 1. The van der Waals surface area contributed by atoms with E-state index in [0.29, 0.717) is 17.2 Å². The van der Waals surface area contributed by atoms with E-state index in [1.165, 1.54) is 18.4 Å². The average molecular weight is 419 g/mol. The molecule has 148 valence electrons. The van der Waals surface area contributed by atoms with Crippen LogP contribution in [0, 0.1) is 0 Å². The van der Waals surface area contributed by atoms with Crippen molar-refractivity contribution in [2.24, 2.45) is 0 Å². The number of rotatable bonds is 4. The lowest BCUT2D eigenvalue weighted by molar-refractivity contribution is 0.0601. The fourth-order valence-corrected chi connectivity index (χ4v) is 5.05.